The Morgan fingerprint density at radius 2 is 1.39 bits per heavy atom. The summed E-state index contributed by atoms with van der Waals surface area (Å²) in [6.45, 7) is 0. The molecule has 0 saturated heterocycles. The average molecular weight is 456 g/mol. The summed E-state index contributed by atoms with van der Waals surface area (Å²) >= 11 is 11.9. The molecule has 0 aromatic heterocycles. The van der Waals surface area contributed by atoms with Crippen molar-refractivity contribution in [2.24, 2.45) is 0 Å². The lowest BCUT2D eigenvalue weighted by molar-refractivity contribution is -0.122. The Balaban J connectivity index is 1.66. The number of halogens is 2. The topological polar surface area (TPSA) is 87.3 Å². The summed E-state index contributed by atoms with van der Waals surface area (Å²) < 4.78 is 0. The van der Waals surface area contributed by atoms with Crippen molar-refractivity contribution < 1.29 is 14.4 Å². The second-order valence-electron chi connectivity index (χ2n) is 6.63. The number of nitrogens with one attached hydrogen (secondary N) is 3. The molecule has 0 saturated carbocycles. The molecule has 0 heterocycles. The molecule has 0 bridgehead atoms. The predicted octanol–water partition coefficient (Wildman–Crippen LogP) is 4.32. The van der Waals surface area contributed by atoms with E-state index >= 15 is 0 Å². The van der Waals surface area contributed by atoms with Crippen LogP contribution in [0.4, 0.5) is 0 Å². The van der Waals surface area contributed by atoms with Crippen molar-refractivity contribution in [2.75, 3.05) is 0 Å². The second-order valence-corrected chi connectivity index (χ2v) is 7.47. The summed E-state index contributed by atoms with van der Waals surface area (Å²) in [6.07, 6.45) is -0.0961. The molecule has 1 unspecified atom stereocenters. The molecule has 0 spiro atoms. The van der Waals surface area contributed by atoms with Gasteiger partial charge in [-0.05, 0) is 42.0 Å². The molecule has 31 heavy (non-hydrogen) atoms. The Morgan fingerprint density at radius 3 is 2.06 bits per heavy atom. The van der Waals surface area contributed by atoms with E-state index in [1.54, 1.807) is 60.7 Å². The van der Waals surface area contributed by atoms with Crippen LogP contribution >= 0.6 is 23.2 Å². The standard InChI is InChI=1S/C23H19Cl2N3O3/c24-17-12-10-16(11-13-17)22(30)28-27-21(29)14-20(15-6-2-1-3-7-15)26-23(31)18-8-4-5-9-19(18)25/h1-13,20H,14H2,(H,26,31)(H,27,29)(H,28,30). The van der Waals surface area contributed by atoms with Crippen LogP contribution in [0.25, 0.3) is 0 Å². The molecule has 0 aliphatic rings. The van der Waals surface area contributed by atoms with Crippen molar-refractivity contribution in [3.05, 3.63) is 106 Å². The molecule has 8 heteroatoms. The Kier molecular flexibility index (Phi) is 7.65. The Labute approximate surface area is 189 Å². The van der Waals surface area contributed by atoms with Crippen LogP contribution in [0.2, 0.25) is 10.0 Å². The number of hydrogen-bond acceptors (Lipinski definition) is 3. The predicted molar refractivity (Wildman–Crippen MR) is 120 cm³/mol. The van der Waals surface area contributed by atoms with Crippen molar-refractivity contribution in [2.45, 2.75) is 12.5 Å². The zero-order chi connectivity index (χ0) is 22.2. The summed E-state index contributed by atoms with van der Waals surface area (Å²) in [5.41, 5.74) is 6.11. The minimum atomic E-state index is -0.627. The molecular weight excluding hydrogens is 437 g/mol. The van der Waals surface area contributed by atoms with E-state index in [9.17, 15) is 14.4 Å². The molecule has 3 aromatic rings. The summed E-state index contributed by atoms with van der Waals surface area (Å²) in [7, 11) is 0. The number of carbonyl (C=O) groups is 3. The average Bonchev–Trinajstić information content (AvgIpc) is 2.78. The lowest BCUT2D eigenvalue weighted by Crippen LogP contribution is -2.43. The van der Waals surface area contributed by atoms with Gasteiger partial charge < -0.3 is 5.32 Å². The smallest absolute Gasteiger partial charge is 0.269 e. The van der Waals surface area contributed by atoms with Crippen LogP contribution in [0.15, 0.2) is 78.9 Å². The molecule has 0 aliphatic carbocycles. The fraction of sp³-hybridized carbons (Fsp3) is 0.0870. The highest BCUT2D eigenvalue weighted by atomic mass is 35.5. The van der Waals surface area contributed by atoms with Gasteiger partial charge in [0.1, 0.15) is 0 Å². The minimum Gasteiger partial charge on any atom is -0.345 e. The van der Waals surface area contributed by atoms with E-state index in [2.05, 4.69) is 16.2 Å². The van der Waals surface area contributed by atoms with Gasteiger partial charge in [-0.3, -0.25) is 25.2 Å². The van der Waals surface area contributed by atoms with Crippen LogP contribution in [0, 0.1) is 0 Å². The van der Waals surface area contributed by atoms with Gasteiger partial charge in [0.15, 0.2) is 0 Å². The van der Waals surface area contributed by atoms with Crippen molar-refractivity contribution in [3.8, 4) is 0 Å². The van der Waals surface area contributed by atoms with Crippen molar-refractivity contribution >= 4 is 40.9 Å². The van der Waals surface area contributed by atoms with Crippen molar-refractivity contribution in [1.82, 2.24) is 16.2 Å². The first-order valence-corrected chi connectivity index (χ1v) is 10.1. The van der Waals surface area contributed by atoms with Crippen molar-refractivity contribution in [3.63, 3.8) is 0 Å². The molecule has 3 amide bonds. The highest BCUT2D eigenvalue weighted by Crippen LogP contribution is 2.20. The van der Waals surface area contributed by atoms with Gasteiger partial charge in [-0.2, -0.15) is 0 Å². The van der Waals surface area contributed by atoms with Gasteiger partial charge in [-0.25, -0.2) is 0 Å². The summed E-state index contributed by atoms with van der Waals surface area (Å²) in [4.78, 5) is 37.3. The number of benzene rings is 3. The SMILES string of the molecule is O=C(CC(NC(=O)c1ccccc1Cl)c1ccccc1)NNC(=O)c1ccc(Cl)cc1. The number of hydrazine groups is 1. The number of hydrogen-bond donors (Lipinski definition) is 3. The molecule has 1 atom stereocenters. The lowest BCUT2D eigenvalue weighted by atomic mass is 10.0. The fourth-order valence-electron chi connectivity index (χ4n) is 2.86. The Bertz CT molecular complexity index is 1070. The third-order valence-corrected chi connectivity index (χ3v) is 5.02. The lowest BCUT2D eigenvalue weighted by Gasteiger charge is -2.19. The van der Waals surface area contributed by atoms with E-state index in [0.29, 0.717) is 21.2 Å². The van der Waals surface area contributed by atoms with Gasteiger partial charge in [-0.1, -0.05) is 65.7 Å². The summed E-state index contributed by atoms with van der Waals surface area (Å²) in [6, 6.07) is 21.3. The van der Waals surface area contributed by atoms with Gasteiger partial charge in [0, 0.05) is 10.6 Å². The quantitative estimate of drug-likeness (QED) is 0.483. The van der Waals surface area contributed by atoms with Crippen molar-refractivity contribution in [1.29, 1.82) is 0 Å². The van der Waals surface area contributed by atoms with Crippen LogP contribution in [0.5, 0.6) is 0 Å². The summed E-state index contributed by atoms with van der Waals surface area (Å²) in [5.74, 6) is -1.37. The molecular formula is C23H19Cl2N3O3. The maximum atomic E-state index is 12.7. The van der Waals surface area contributed by atoms with E-state index in [1.807, 2.05) is 18.2 Å². The first-order valence-electron chi connectivity index (χ1n) is 9.39. The van der Waals surface area contributed by atoms with Gasteiger partial charge in [0.25, 0.3) is 11.8 Å². The number of carbonyl (C=O) groups excluding carboxylic acids is 3. The molecule has 158 valence electrons. The van der Waals surface area contributed by atoms with E-state index < -0.39 is 23.8 Å². The Hall–Kier alpha value is -3.35. The molecule has 0 fully saturated rings. The van der Waals surface area contributed by atoms with Gasteiger partial charge >= 0.3 is 0 Å². The zero-order valence-electron chi connectivity index (χ0n) is 16.3. The van der Waals surface area contributed by atoms with E-state index in [0.717, 1.165) is 5.56 Å². The van der Waals surface area contributed by atoms with Crippen LogP contribution < -0.4 is 16.2 Å². The first-order chi connectivity index (χ1) is 14.9. The monoisotopic (exact) mass is 455 g/mol. The molecule has 6 nitrogen and oxygen atoms in total. The molecule has 3 rings (SSSR count). The maximum Gasteiger partial charge on any atom is 0.269 e. The minimum absolute atomic E-state index is 0.0961. The van der Waals surface area contributed by atoms with Crippen LogP contribution in [-0.4, -0.2) is 17.7 Å². The number of amides is 3. The summed E-state index contributed by atoms with van der Waals surface area (Å²) in [5, 5.41) is 3.65. The van der Waals surface area contributed by atoms with Crippen LogP contribution in [-0.2, 0) is 4.79 Å². The maximum absolute atomic E-state index is 12.7. The highest BCUT2D eigenvalue weighted by Gasteiger charge is 2.20. The Morgan fingerprint density at radius 1 is 0.742 bits per heavy atom. The van der Waals surface area contributed by atoms with E-state index in [1.165, 1.54) is 0 Å². The third kappa shape index (κ3) is 6.31. The van der Waals surface area contributed by atoms with Crippen LogP contribution in [0.1, 0.15) is 38.7 Å². The van der Waals surface area contributed by atoms with Gasteiger partial charge in [0.05, 0.1) is 23.0 Å². The number of rotatable bonds is 6. The second kappa shape index (κ2) is 10.6. The fourth-order valence-corrected chi connectivity index (χ4v) is 3.20. The van der Waals surface area contributed by atoms with Crippen LogP contribution in [0.3, 0.4) is 0 Å². The van der Waals surface area contributed by atoms with Gasteiger partial charge in [-0.15, -0.1) is 0 Å². The first kappa shape index (κ1) is 22.3. The molecule has 0 radical (unpaired) electrons. The van der Waals surface area contributed by atoms with E-state index in [-0.39, 0.29) is 6.42 Å². The zero-order valence-corrected chi connectivity index (χ0v) is 17.8. The highest BCUT2D eigenvalue weighted by molar-refractivity contribution is 6.33. The molecule has 3 N–H and O–H groups in total. The molecule has 0 aliphatic heterocycles. The largest absolute Gasteiger partial charge is 0.345 e. The van der Waals surface area contributed by atoms with Gasteiger partial charge in [0.2, 0.25) is 5.91 Å². The third-order valence-electron chi connectivity index (χ3n) is 4.44. The normalized spacial score (nSPS) is 11.3. The van der Waals surface area contributed by atoms with E-state index in [4.69, 9.17) is 23.2 Å². The molecule has 3 aromatic carbocycles.